The SMILES string of the molecule is CC(C)(C)C(=O)OC1CC(c2ccccc2)N(c2ccccc2)O1. The van der Waals surface area contributed by atoms with Crippen LogP contribution in [0.15, 0.2) is 60.7 Å². The topological polar surface area (TPSA) is 38.8 Å². The quantitative estimate of drug-likeness (QED) is 0.780. The maximum atomic E-state index is 12.2. The zero-order chi connectivity index (χ0) is 17.2. The zero-order valence-electron chi connectivity index (χ0n) is 14.3. The van der Waals surface area contributed by atoms with E-state index in [1.807, 2.05) is 74.4 Å². The van der Waals surface area contributed by atoms with Crippen LogP contribution >= 0.6 is 0 Å². The highest BCUT2D eigenvalue weighted by molar-refractivity contribution is 5.75. The number of esters is 1. The highest BCUT2D eigenvalue weighted by Crippen LogP contribution is 2.38. The van der Waals surface area contributed by atoms with Gasteiger partial charge in [0.15, 0.2) is 0 Å². The summed E-state index contributed by atoms with van der Waals surface area (Å²) in [5, 5.41) is 1.84. The van der Waals surface area contributed by atoms with Crippen LogP contribution < -0.4 is 5.06 Å². The second-order valence-electron chi connectivity index (χ2n) is 7.01. The van der Waals surface area contributed by atoms with Crippen LogP contribution in [0.4, 0.5) is 5.69 Å². The Hall–Kier alpha value is -2.33. The average molecular weight is 325 g/mol. The maximum absolute atomic E-state index is 12.2. The summed E-state index contributed by atoms with van der Waals surface area (Å²) in [7, 11) is 0. The zero-order valence-corrected chi connectivity index (χ0v) is 14.3. The van der Waals surface area contributed by atoms with Crippen molar-refractivity contribution in [1.29, 1.82) is 0 Å². The number of para-hydroxylation sites is 1. The molecule has 4 nitrogen and oxygen atoms in total. The van der Waals surface area contributed by atoms with E-state index in [-0.39, 0.29) is 12.0 Å². The number of rotatable bonds is 3. The largest absolute Gasteiger partial charge is 0.433 e. The Kier molecular flexibility index (Phi) is 4.58. The fraction of sp³-hybridized carbons (Fsp3) is 0.350. The third-order valence-corrected chi connectivity index (χ3v) is 3.98. The van der Waals surface area contributed by atoms with Crippen LogP contribution in [0.3, 0.4) is 0 Å². The van der Waals surface area contributed by atoms with Gasteiger partial charge in [0.25, 0.3) is 0 Å². The molecule has 3 rings (SSSR count). The molecule has 4 heteroatoms. The van der Waals surface area contributed by atoms with Gasteiger partial charge in [-0.1, -0.05) is 48.5 Å². The van der Waals surface area contributed by atoms with Crippen molar-refractivity contribution in [1.82, 2.24) is 0 Å². The van der Waals surface area contributed by atoms with Crippen LogP contribution in [-0.2, 0) is 14.4 Å². The second-order valence-corrected chi connectivity index (χ2v) is 7.01. The molecule has 0 amide bonds. The first-order chi connectivity index (χ1) is 11.4. The molecule has 24 heavy (non-hydrogen) atoms. The normalized spacial score (nSPS) is 20.9. The van der Waals surface area contributed by atoms with Gasteiger partial charge in [0.05, 0.1) is 17.1 Å². The van der Waals surface area contributed by atoms with Crippen LogP contribution in [0.1, 0.15) is 38.8 Å². The van der Waals surface area contributed by atoms with Crippen LogP contribution in [0.25, 0.3) is 0 Å². The van der Waals surface area contributed by atoms with Crippen molar-refractivity contribution in [3.8, 4) is 0 Å². The number of ether oxygens (including phenoxy) is 1. The molecule has 1 fully saturated rings. The number of hydrogen-bond acceptors (Lipinski definition) is 4. The van der Waals surface area contributed by atoms with Gasteiger partial charge >= 0.3 is 5.97 Å². The number of nitrogens with zero attached hydrogens (tertiary/aromatic N) is 1. The number of carbonyl (C=O) groups excluding carboxylic acids is 1. The molecule has 0 aromatic heterocycles. The molecule has 1 aliphatic rings. The Balaban J connectivity index is 1.84. The van der Waals surface area contributed by atoms with E-state index in [1.54, 1.807) is 0 Å². The van der Waals surface area contributed by atoms with Crippen molar-refractivity contribution in [2.75, 3.05) is 5.06 Å². The number of anilines is 1. The molecule has 1 heterocycles. The van der Waals surface area contributed by atoms with Gasteiger partial charge in [-0.3, -0.25) is 4.79 Å². The minimum Gasteiger partial charge on any atom is -0.433 e. The van der Waals surface area contributed by atoms with E-state index in [0.29, 0.717) is 6.42 Å². The average Bonchev–Trinajstić information content (AvgIpc) is 2.99. The Bertz CT molecular complexity index is 632. The highest BCUT2D eigenvalue weighted by atomic mass is 16.8. The standard InChI is InChI=1S/C20H23NO3/c1-20(2,3)19(22)23-18-14-17(15-10-6-4-7-11-15)21(24-18)16-12-8-5-9-13-16/h4-13,17-18H,14H2,1-3H3. The lowest BCUT2D eigenvalue weighted by Gasteiger charge is -2.24. The van der Waals surface area contributed by atoms with Gasteiger partial charge in [0, 0.05) is 6.42 Å². The van der Waals surface area contributed by atoms with Crippen molar-refractivity contribution in [2.24, 2.45) is 5.41 Å². The van der Waals surface area contributed by atoms with Gasteiger partial charge in [0.1, 0.15) is 0 Å². The molecule has 0 N–H and O–H groups in total. The molecule has 0 saturated carbocycles. The van der Waals surface area contributed by atoms with Crippen molar-refractivity contribution >= 4 is 11.7 Å². The van der Waals surface area contributed by atoms with E-state index >= 15 is 0 Å². The fourth-order valence-electron chi connectivity index (χ4n) is 2.65. The van der Waals surface area contributed by atoms with Gasteiger partial charge in [-0.15, -0.1) is 0 Å². The summed E-state index contributed by atoms with van der Waals surface area (Å²) in [4.78, 5) is 18.2. The van der Waals surface area contributed by atoms with Crippen LogP contribution in [-0.4, -0.2) is 12.3 Å². The molecule has 2 atom stereocenters. The molecule has 2 aromatic rings. The first kappa shape index (κ1) is 16.5. The van der Waals surface area contributed by atoms with Crippen LogP contribution in [0.2, 0.25) is 0 Å². The van der Waals surface area contributed by atoms with E-state index < -0.39 is 11.7 Å². The Morgan fingerprint density at radius 3 is 2.21 bits per heavy atom. The van der Waals surface area contributed by atoms with E-state index in [1.165, 1.54) is 0 Å². The summed E-state index contributed by atoms with van der Waals surface area (Å²) in [6.45, 7) is 5.52. The summed E-state index contributed by atoms with van der Waals surface area (Å²) >= 11 is 0. The molecule has 126 valence electrons. The first-order valence-corrected chi connectivity index (χ1v) is 8.22. The Labute approximate surface area is 143 Å². The number of benzene rings is 2. The first-order valence-electron chi connectivity index (χ1n) is 8.22. The van der Waals surface area contributed by atoms with Gasteiger partial charge in [0.2, 0.25) is 6.29 Å². The molecule has 0 radical (unpaired) electrons. The molecular weight excluding hydrogens is 302 g/mol. The molecule has 1 aliphatic heterocycles. The van der Waals surface area contributed by atoms with E-state index in [4.69, 9.17) is 9.57 Å². The lowest BCUT2D eigenvalue weighted by molar-refractivity contribution is -0.180. The second kappa shape index (κ2) is 6.65. The molecule has 0 bridgehead atoms. The summed E-state index contributed by atoms with van der Waals surface area (Å²) in [5.74, 6) is -0.255. The molecule has 2 aromatic carbocycles. The smallest absolute Gasteiger partial charge is 0.313 e. The summed E-state index contributed by atoms with van der Waals surface area (Å²) in [6.07, 6.45) is 0.0166. The molecule has 1 saturated heterocycles. The molecule has 0 aliphatic carbocycles. The monoisotopic (exact) mass is 325 g/mol. The van der Waals surface area contributed by atoms with E-state index in [2.05, 4.69) is 12.1 Å². The van der Waals surface area contributed by atoms with Gasteiger partial charge < -0.3 is 4.74 Å². The van der Waals surface area contributed by atoms with Crippen LogP contribution in [0.5, 0.6) is 0 Å². The van der Waals surface area contributed by atoms with E-state index in [9.17, 15) is 4.79 Å². The van der Waals surface area contributed by atoms with E-state index in [0.717, 1.165) is 11.3 Å². The minimum absolute atomic E-state index is 0.00590. The summed E-state index contributed by atoms with van der Waals surface area (Å²) < 4.78 is 5.58. The van der Waals surface area contributed by atoms with Gasteiger partial charge in [-0.05, 0) is 38.5 Å². The maximum Gasteiger partial charge on any atom is 0.313 e. The van der Waals surface area contributed by atoms with Gasteiger partial charge in [-0.2, -0.15) is 0 Å². The molecule has 0 spiro atoms. The summed E-state index contributed by atoms with van der Waals surface area (Å²) in [6, 6.07) is 20.0. The van der Waals surface area contributed by atoms with Crippen molar-refractivity contribution in [3.05, 3.63) is 66.2 Å². The number of hydroxylamine groups is 1. The predicted octanol–water partition coefficient (Wildman–Crippen LogP) is 4.49. The fourth-order valence-corrected chi connectivity index (χ4v) is 2.65. The van der Waals surface area contributed by atoms with Crippen molar-refractivity contribution in [3.63, 3.8) is 0 Å². The van der Waals surface area contributed by atoms with Crippen LogP contribution in [0, 0.1) is 5.41 Å². The Morgan fingerprint density at radius 1 is 1.04 bits per heavy atom. The highest BCUT2D eigenvalue weighted by Gasteiger charge is 2.38. The molecular formula is C20H23NO3. The third-order valence-electron chi connectivity index (χ3n) is 3.98. The predicted molar refractivity (Wildman–Crippen MR) is 93.1 cm³/mol. The number of carbonyl (C=O) groups is 1. The lowest BCUT2D eigenvalue weighted by atomic mass is 9.97. The van der Waals surface area contributed by atoms with Gasteiger partial charge in [-0.25, -0.2) is 9.90 Å². The molecule has 2 unspecified atom stereocenters. The summed E-state index contributed by atoms with van der Waals surface area (Å²) in [5.41, 5.74) is 1.53. The Morgan fingerprint density at radius 2 is 1.62 bits per heavy atom. The van der Waals surface area contributed by atoms with Crippen molar-refractivity contribution < 1.29 is 14.4 Å². The third kappa shape index (κ3) is 3.60. The van der Waals surface area contributed by atoms with Crippen molar-refractivity contribution in [2.45, 2.75) is 39.5 Å². The number of hydrogen-bond donors (Lipinski definition) is 0. The lowest BCUT2D eigenvalue weighted by Crippen LogP contribution is -2.29. The minimum atomic E-state index is -0.581.